The lowest BCUT2D eigenvalue weighted by atomic mass is 10.1. The Bertz CT molecular complexity index is 426. The van der Waals surface area contributed by atoms with Crippen LogP contribution in [0, 0.1) is 0 Å². The van der Waals surface area contributed by atoms with E-state index in [2.05, 4.69) is 19.1 Å². The van der Waals surface area contributed by atoms with Crippen LogP contribution in [0.15, 0.2) is 42.5 Å². The highest BCUT2D eigenvalue weighted by Crippen LogP contribution is 2.10. The first kappa shape index (κ1) is 19.3. The van der Waals surface area contributed by atoms with Gasteiger partial charge in [0, 0.05) is 0 Å². The number of rotatable bonds is 13. The maximum absolute atomic E-state index is 11.5. The van der Waals surface area contributed by atoms with Crippen LogP contribution in [0.2, 0.25) is 0 Å². The number of para-hydroxylation sites is 1. The van der Waals surface area contributed by atoms with Gasteiger partial charge in [0.25, 0.3) is 0 Å². The molecule has 0 amide bonds. The van der Waals surface area contributed by atoms with E-state index in [1.54, 1.807) is 0 Å². The number of esters is 1. The summed E-state index contributed by atoms with van der Waals surface area (Å²) in [5.41, 5.74) is 0. The van der Waals surface area contributed by atoms with Crippen molar-refractivity contribution in [2.24, 2.45) is 0 Å². The Hall–Kier alpha value is -1.77. The molecule has 0 saturated carbocycles. The summed E-state index contributed by atoms with van der Waals surface area (Å²) < 4.78 is 10.5. The van der Waals surface area contributed by atoms with Crippen molar-refractivity contribution in [3.05, 3.63) is 42.5 Å². The molecule has 0 unspecified atom stereocenters. The van der Waals surface area contributed by atoms with Crippen LogP contribution in [-0.2, 0) is 9.53 Å². The van der Waals surface area contributed by atoms with E-state index >= 15 is 0 Å². The lowest BCUT2D eigenvalue weighted by molar-refractivity contribution is -0.146. The van der Waals surface area contributed by atoms with Crippen LogP contribution in [0.25, 0.3) is 0 Å². The Balaban J connectivity index is 1.86. The average molecular weight is 318 g/mol. The van der Waals surface area contributed by atoms with Gasteiger partial charge in [-0.15, -0.1) is 0 Å². The number of carbonyl (C=O) groups excluding carboxylic acids is 1. The number of carbonyl (C=O) groups is 1. The van der Waals surface area contributed by atoms with Crippen molar-refractivity contribution in [3.63, 3.8) is 0 Å². The summed E-state index contributed by atoms with van der Waals surface area (Å²) in [6.07, 6.45) is 14.0. The molecule has 128 valence electrons. The first-order valence-electron chi connectivity index (χ1n) is 8.77. The molecule has 0 atom stereocenters. The van der Waals surface area contributed by atoms with Crippen molar-refractivity contribution in [2.45, 2.75) is 58.3 Å². The zero-order chi connectivity index (χ0) is 16.6. The molecule has 0 N–H and O–H groups in total. The van der Waals surface area contributed by atoms with Crippen LogP contribution in [0.5, 0.6) is 5.75 Å². The van der Waals surface area contributed by atoms with E-state index in [1.165, 1.54) is 38.5 Å². The van der Waals surface area contributed by atoms with Crippen molar-refractivity contribution in [3.8, 4) is 5.75 Å². The number of hydrogen-bond acceptors (Lipinski definition) is 3. The summed E-state index contributed by atoms with van der Waals surface area (Å²) in [6, 6.07) is 9.31. The minimum Gasteiger partial charge on any atom is -0.482 e. The molecule has 0 heterocycles. The molecule has 3 nitrogen and oxygen atoms in total. The molecule has 0 saturated heterocycles. The zero-order valence-electron chi connectivity index (χ0n) is 14.3. The normalized spacial score (nSPS) is 10.8. The van der Waals surface area contributed by atoms with Crippen molar-refractivity contribution in [2.75, 3.05) is 13.2 Å². The quantitative estimate of drug-likeness (QED) is 0.281. The SMILES string of the molecule is CC=CCCCCCCCCCOC(=O)COc1ccccc1. The van der Waals surface area contributed by atoms with Crippen LogP contribution >= 0.6 is 0 Å². The molecule has 0 bridgehead atoms. The fourth-order valence-corrected chi connectivity index (χ4v) is 2.30. The topological polar surface area (TPSA) is 35.5 Å². The molecule has 0 aliphatic rings. The highest BCUT2D eigenvalue weighted by atomic mass is 16.6. The minimum atomic E-state index is -0.294. The van der Waals surface area contributed by atoms with E-state index in [9.17, 15) is 4.79 Å². The fraction of sp³-hybridized carbons (Fsp3) is 0.550. The van der Waals surface area contributed by atoms with Gasteiger partial charge in [-0.2, -0.15) is 0 Å². The number of hydrogen-bond donors (Lipinski definition) is 0. The predicted molar refractivity (Wildman–Crippen MR) is 94.6 cm³/mol. The Morgan fingerprint density at radius 1 is 0.957 bits per heavy atom. The second kappa shape index (κ2) is 13.9. The second-order valence-corrected chi connectivity index (χ2v) is 5.65. The molecule has 1 aromatic carbocycles. The van der Waals surface area contributed by atoms with Gasteiger partial charge in [0.15, 0.2) is 6.61 Å². The molecule has 0 aliphatic carbocycles. The molecular weight excluding hydrogens is 288 g/mol. The predicted octanol–water partition coefficient (Wildman–Crippen LogP) is 5.31. The van der Waals surface area contributed by atoms with Gasteiger partial charge in [-0.1, -0.05) is 62.5 Å². The molecule has 1 rings (SSSR count). The largest absolute Gasteiger partial charge is 0.482 e. The molecule has 0 aromatic heterocycles. The molecule has 0 aliphatic heterocycles. The maximum Gasteiger partial charge on any atom is 0.344 e. The first-order valence-corrected chi connectivity index (χ1v) is 8.77. The summed E-state index contributed by atoms with van der Waals surface area (Å²) >= 11 is 0. The third-order valence-electron chi connectivity index (χ3n) is 3.61. The summed E-state index contributed by atoms with van der Waals surface area (Å²) in [7, 11) is 0. The molecule has 0 spiro atoms. The second-order valence-electron chi connectivity index (χ2n) is 5.65. The van der Waals surface area contributed by atoms with Crippen molar-refractivity contribution in [1.29, 1.82) is 0 Å². The molecule has 1 aromatic rings. The van der Waals surface area contributed by atoms with E-state index in [0.29, 0.717) is 12.4 Å². The van der Waals surface area contributed by atoms with Gasteiger partial charge in [0.2, 0.25) is 0 Å². The lowest BCUT2D eigenvalue weighted by Gasteiger charge is -2.07. The summed E-state index contributed by atoms with van der Waals surface area (Å²) in [5, 5.41) is 0. The zero-order valence-corrected chi connectivity index (χ0v) is 14.3. The average Bonchev–Trinajstić information content (AvgIpc) is 2.59. The first-order chi connectivity index (χ1) is 11.3. The van der Waals surface area contributed by atoms with Gasteiger partial charge >= 0.3 is 5.97 Å². The Morgan fingerprint density at radius 3 is 2.30 bits per heavy atom. The summed E-state index contributed by atoms with van der Waals surface area (Å²) in [4.78, 5) is 11.5. The van der Waals surface area contributed by atoms with Crippen LogP contribution in [0.3, 0.4) is 0 Å². The number of ether oxygens (including phenoxy) is 2. The maximum atomic E-state index is 11.5. The standard InChI is InChI=1S/C20H30O3/c1-2-3-4-5-6-7-8-9-10-14-17-22-20(21)18-23-19-15-12-11-13-16-19/h2-3,11-13,15-16H,4-10,14,17-18H2,1H3. The molecular formula is C20H30O3. The van der Waals surface area contributed by atoms with E-state index in [1.807, 2.05) is 30.3 Å². The Labute approximate surface area is 140 Å². The van der Waals surface area contributed by atoms with Gasteiger partial charge in [0.05, 0.1) is 6.61 Å². The van der Waals surface area contributed by atoms with Gasteiger partial charge in [-0.3, -0.25) is 0 Å². The van der Waals surface area contributed by atoms with Crippen LogP contribution in [0.1, 0.15) is 58.3 Å². The summed E-state index contributed by atoms with van der Waals surface area (Å²) in [6.45, 7) is 2.55. The van der Waals surface area contributed by atoms with E-state index in [4.69, 9.17) is 9.47 Å². The lowest BCUT2D eigenvalue weighted by Crippen LogP contribution is -2.15. The molecule has 23 heavy (non-hydrogen) atoms. The van der Waals surface area contributed by atoms with E-state index in [-0.39, 0.29) is 12.6 Å². The van der Waals surface area contributed by atoms with Crippen molar-refractivity contribution < 1.29 is 14.3 Å². The summed E-state index contributed by atoms with van der Waals surface area (Å²) in [5.74, 6) is 0.400. The van der Waals surface area contributed by atoms with Crippen molar-refractivity contribution in [1.82, 2.24) is 0 Å². The van der Waals surface area contributed by atoms with Gasteiger partial charge in [-0.05, 0) is 38.3 Å². The van der Waals surface area contributed by atoms with Gasteiger partial charge in [-0.25, -0.2) is 4.79 Å². The van der Waals surface area contributed by atoms with Crippen LogP contribution < -0.4 is 4.74 Å². The molecule has 0 fully saturated rings. The number of unbranched alkanes of at least 4 members (excludes halogenated alkanes) is 7. The van der Waals surface area contributed by atoms with E-state index < -0.39 is 0 Å². The molecule has 0 radical (unpaired) electrons. The van der Waals surface area contributed by atoms with Gasteiger partial charge in [0.1, 0.15) is 5.75 Å². The molecule has 3 heteroatoms. The van der Waals surface area contributed by atoms with Crippen LogP contribution in [0.4, 0.5) is 0 Å². The number of benzene rings is 1. The van der Waals surface area contributed by atoms with E-state index in [0.717, 1.165) is 12.8 Å². The smallest absolute Gasteiger partial charge is 0.344 e. The third kappa shape index (κ3) is 11.5. The minimum absolute atomic E-state index is 0.0176. The highest BCUT2D eigenvalue weighted by Gasteiger charge is 2.03. The van der Waals surface area contributed by atoms with Crippen molar-refractivity contribution >= 4 is 5.97 Å². The van der Waals surface area contributed by atoms with Crippen LogP contribution in [-0.4, -0.2) is 19.2 Å². The fourth-order valence-electron chi connectivity index (χ4n) is 2.30. The monoisotopic (exact) mass is 318 g/mol. The Morgan fingerprint density at radius 2 is 1.61 bits per heavy atom. The number of allylic oxidation sites excluding steroid dienone is 2. The third-order valence-corrected chi connectivity index (χ3v) is 3.61. The highest BCUT2D eigenvalue weighted by molar-refractivity contribution is 5.71. The van der Waals surface area contributed by atoms with Gasteiger partial charge < -0.3 is 9.47 Å². The Kier molecular flexibility index (Phi) is 11.6.